The molecule has 1 N–H and O–H groups in total. The molecule has 0 aromatic carbocycles. The second kappa shape index (κ2) is 6.53. The predicted octanol–water partition coefficient (Wildman–Crippen LogP) is 1.07. The van der Waals surface area contributed by atoms with Crippen LogP contribution in [-0.4, -0.2) is 61.0 Å². The van der Waals surface area contributed by atoms with E-state index in [9.17, 15) is 4.79 Å². The summed E-state index contributed by atoms with van der Waals surface area (Å²) in [7, 11) is 2.15. The van der Waals surface area contributed by atoms with Gasteiger partial charge in [-0.2, -0.15) is 0 Å². The number of hydrogen-bond donors (Lipinski definition) is 1. The lowest BCUT2D eigenvalue weighted by atomic mass is 10.1. The Bertz CT molecular complexity index is 274. The maximum atomic E-state index is 12.6. The molecular weight excluding hydrogens is 226 g/mol. The predicted molar refractivity (Wildman–Crippen MR) is 73.5 cm³/mol. The van der Waals surface area contributed by atoms with E-state index < -0.39 is 0 Å². The second-order valence-corrected chi connectivity index (χ2v) is 5.85. The Kier molecular flexibility index (Phi) is 5.01. The average Bonchev–Trinajstić information content (AvgIpc) is 2.69. The number of nitrogens with zero attached hydrogens (tertiary/aromatic N) is 2. The third kappa shape index (κ3) is 3.45. The fraction of sp³-hybridized carbons (Fsp3) is 0.929. The van der Waals surface area contributed by atoms with Gasteiger partial charge in [0.1, 0.15) is 0 Å². The van der Waals surface area contributed by atoms with Crippen molar-refractivity contribution in [2.24, 2.45) is 0 Å². The van der Waals surface area contributed by atoms with Crippen LogP contribution in [0.4, 0.5) is 0 Å². The largest absolute Gasteiger partial charge is 0.337 e. The highest BCUT2D eigenvalue weighted by Gasteiger charge is 2.29. The van der Waals surface area contributed by atoms with E-state index in [0.29, 0.717) is 11.9 Å². The fourth-order valence-corrected chi connectivity index (χ4v) is 3.14. The maximum Gasteiger partial charge on any atom is 0.239 e. The van der Waals surface area contributed by atoms with Gasteiger partial charge in [-0.15, -0.1) is 0 Å². The van der Waals surface area contributed by atoms with Crippen LogP contribution in [0.15, 0.2) is 0 Å². The minimum atomic E-state index is 0.0679. The molecule has 0 aromatic heterocycles. The van der Waals surface area contributed by atoms with E-state index in [1.54, 1.807) is 0 Å². The molecule has 0 saturated carbocycles. The molecule has 2 aliphatic rings. The second-order valence-electron chi connectivity index (χ2n) is 5.85. The molecule has 104 valence electrons. The zero-order chi connectivity index (χ0) is 13.0. The van der Waals surface area contributed by atoms with E-state index in [2.05, 4.69) is 29.1 Å². The first-order valence-corrected chi connectivity index (χ1v) is 7.41. The van der Waals surface area contributed by atoms with Crippen molar-refractivity contribution in [3.63, 3.8) is 0 Å². The number of likely N-dealkylation sites (N-methyl/N-ethyl adjacent to an activating group) is 1. The summed E-state index contributed by atoms with van der Waals surface area (Å²) in [6.45, 7) is 6.20. The third-order valence-corrected chi connectivity index (χ3v) is 4.19. The number of amides is 1. The quantitative estimate of drug-likeness (QED) is 0.759. The van der Waals surface area contributed by atoms with Crippen LogP contribution in [0.5, 0.6) is 0 Å². The summed E-state index contributed by atoms with van der Waals surface area (Å²) in [6, 6.07) is 0.411. The Balaban J connectivity index is 1.97. The summed E-state index contributed by atoms with van der Waals surface area (Å²) in [5, 5.41) is 3.43. The van der Waals surface area contributed by atoms with E-state index in [1.807, 2.05) is 0 Å². The normalized spacial score (nSPS) is 31.8. The average molecular weight is 253 g/mol. The van der Waals surface area contributed by atoms with Gasteiger partial charge < -0.3 is 15.1 Å². The minimum Gasteiger partial charge on any atom is -0.337 e. The monoisotopic (exact) mass is 253 g/mol. The van der Waals surface area contributed by atoms with Gasteiger partial charge in [0.25, 0.3) is 0 Å². The van der Waals surface area contributed by atoms with E-state index in [-0.39, 0.29) is 6.04 Å². The van der Waals surface area contributed by atoms with Crippen molar-refractivity contribution in [3.8, 4) is 0 Å². The van der Waals surface area contributed by atoms with Crippen molar-refractivity contribution in [3.05, 3.63) is 0 Å². The summed E-state index contributed by atoms with van der Waals surface area (Å²) in [6.07, 6.45) is 5.76. The molecule has 0 aliphatic carbocycles. The highest BCUT2D eigenvalue weighted by atomic mass is 16.2. The molecule has 2 saturated heterocycles. The molecule has 0 radical (unpaired) electrons. The van der Waals surface area contributed by atoms with Crippen LogP contribution in [0, 0.1) is 0 Å². The first kappa shape index (κ1) is 13.8. The number of carbonyl (C=O) groups is 1. The van der Waals surface area contributed by atoms with E-state index in [4.69, 9.17) is 0 Å². The van der Waals surface area contributed by atoms with Crippen LogP contribution < -0.4 is 5.32 Å². The molecule has 1 amide bonds. The molecule has 0 aromatic rings. The molecule has 2 atom stereocenters. The molecular formula is C14H27N3O. The van der Waals surface area contributed by atoms with Gasteiger partial charge in [0.05, 0.1) is 6.04 Å². The van der Waals surface area contributed by atoms with Crippen molar-refractivity contribution in [1.29, 1.82) is 0 Å². The zero-order valence-corrected chi connectivity index (χ0v) is 11.8. The number of nitrogens with one attached hydrogen (secondary N) is 1. The van der Waals surface area contributed by atoms with Crippen LogP contribution in [0.3, 0.4) is 0 Å². The summed E-state index contributed by atoms with van der Waals surface area (Å²) in [4.78, 5) is 17.1. The first-order valence-electron chi connectivity index (χ1n) is 7.41. The van der Waals surface area contributed by atoms with Gasteiger partial charge in [-0.05, 0) is 46.3 Å². The van der Waals surface area contributed by atoms with Gasteiger partial charge >= 0.3 is 0 Å². The molecule has 0 bridgehead atoms. The smallest absolute Gasteiger partial charge is 0.239 e. The molecule has 2 aliphatic heterocycles. The van der Waals surface area contributed by atoms with Gasteiger partial charge in [0.2, 0.25) is 5.91 Å². The van der Waals surface area contributed by atoms with Crippen molar-refractivity contribution in [2.75, 3.05) is 33.2 Å². The highest BCUT2D eigenvalue weighted by molar-refractivity contribution is 5.82. The standard InChI is InChI=1S/C14H27N3O/c1-12-11-16(2)9-6-10-17(12)14(18)13-7-4-3-5-8-15-13/h12-13,15H,3-11H2,1-2H3. The lowest BCUT2D eigenvalue weighted by molar-refractivity contribution is -0.135. The lowest BCUT2D eigenvalue weighted by Gasteiger charge is -2.31. The minimum absolute atomic E-state index is 0.0679. The molecule has 2 unspecified atom stereocenters. The summed E-state index contributed by atoms with van der Waals surface area (Å²) in [5.74, 6) is 0.333. The van der Waals surface area contributed by atoms with Gasteiger partial charge in [-0.3, -0.25) is 4.79 Å². The molecule has 4 nitrogen and oxygen atoms in total. The van der Waals surface area contributed by atoms with Crippen LogP contribution >= 0.6 is 0 Å². The summed E-state index contributed by atoms with van der Waals surface area (Å²) >= 11 is 0. The highest BCUT2D eigenvalue weighted by Crippen LogP contribution is 2.15. The van der Waals surface area contributed by atoms with Crippen LogP contribution in [0.1, 0.15) is 39.0 Å². The number of hydrogen-bond acceptors (Lipinski definition) is 3. The lowest BCUT2D eigenvalue weighted by Crippen LogP contribution is -2.50. The fourth-order valence-electron chi connectivity index (χ4n) is 3.14. The van der Waals surface area contributed by atoms with Crippen molar-refractivity contribution < 1.29 is 4.79 Å². The van der Waals surface area contributed by atoms with Crippen LogP contribution in [0.25, 0.3) is 0 Å². The Labute approximate surface area is 111 Å². The SMILES string of the molecule is CC1CN(C)CCCN1C(=O)C1CCCCCN1. The van der Waals surface area contributed by atoms with Crippen LogP contribution in [-0.2, 0) is 4.79 Å². The van der Waals surface area contributed by atoms with Gasteiger partial charge in [-0.1, -0.05) is 12.8 Å². The van der Waals surface area contributed by atoms with Crippen molar-refractivity contribution >= 4 is 5.91 Å². The molecule has 18 heavy (non-hydrogen) atoms. The molecule has 2 heterocycles. The number of carbonyl (C=O) groups excluding carboxylic acids is 1. The Morgan fingerprint density at radius 1 is 1.17 bits per heavy atom. The Morgan fingerprint density at radius 2 is 2.00 bits per heavy atom. The van der Waals surface area contributed by atoms with Gasteiger partial charge in [0.15, 0.2) is 0 Å². The molecule has 0 spiro atoms. The van der Waals surface area contributed by atoms with Crippen molar-refractivity contribution in [1.82, 2.24) is 15.1 Å². The topological polar surface area (TPSA) is 35.6 Å². The molecule has 2 rings (SSSR count). The summed E-state index contributed by atoms with van der Waals surface area (Å²) in [5.41, 5.74) is 0. The number of rotatable bonds is 1. The maximum absolute atomic E-state index is 12.6. The third-order valence-electron chi connectivity index (χ3n) is 4.19. The van der Waals surface area contributed by atoms with E-state index in [0.717, 1.165) is 39.0 Å². The Morgan fingerprint density at radius 3 is 2.83 bits per heavy atom. The van der Waals surface area contributed by atoms with Gasteiger partial charge in [0, 0.05) is 19.1 Å². The van der Waals surface area contributed by atoms with E-state index in [1.165, 1.54) is 19.3 Å². The summed E-state index contributed by atoms with van der Waals surface area (Å²) < 4.78 is 0. The first-order chi connectivity index (χ1) is 8.68. The zero-order valence-electron chi connectivity index (χ0n) is 11.8. The van der Waals surface area contributed by atoms with Crippen LogP contribution in [0.2, 0.25) is 0 Å². The molecule has 2 fully saturated rings. The van der Waals surface area contributed by atoms with Gasteiger partial charge in [-0.25, -0.2) is 0 Å². The van der Waals surface area contributed by atoms with Crippen molar-refractivity contribution in [2.45, 2.75) is 51.1 Å². The van der Waals surface area contributed by atoms with E-state index >= 15 is 0 Å². The Hall–Kier alpha value is -0.610. The molecule has 4 heteroatoms.